The maximum absolute atomic E-state index is 12.7. The Labute approximate surface area is 178 Å². The second-order valence-electron chi connectivity index (χ2n) is 6.53. The van der Waals surface area contributed by atoms with Gasteiger partial charge < -0.3 is 20.7 Å². The van der Waals surface area contributed by atoms with Crippen molar-refractivity contribution in [3.8, 4) is 5.75 Å². The first-order chi connectivity index (χ1) is 12.7. The Kier molecular flexibility index (Phi) is 10.1. The van der Waals surface area contributed by atoms with E-state index in [1.807, 2.05) is 31.2 Å². The largest absolute Gasteiger partial charge is 0.494 e. The summed E-state index contributed by atoms with van der Waals surface area (Å²) in [7, 11) is 0. The number of ether oxygens (including phenoxy) is 1. The van der Waals surface area contributed by atoms with Crippen LogP contribution >= 0.6 is 24.8 Å². The summed E-state index contributed by atoms with van der Waals surface area (Å²) in [6.45, 7) is 5.65. The highest BCUT2D eigenvalue weighted by atomic mass is 35.5. The van der Waals surface area contributed by atoms with Crippen LogP contribution in [-0.4, -0.2) is 36.1 Å². The average Bonchev–Trinajstić information content (AvgIpc) is 2.64. The lowest BCUT2D eigenvalue weighted by molar-refractivity contribution is 0.0926. The summed E-state index contributed by atoms with van der Waals surface area (Å²) < 4.78 is 5.45. The molecule has 1 aromatic carbocycles. The fraction of sp³-hybridized carbons (Fsp3) is 0.400. The molecule has 3 rings (SSSR count). The fourth-order valence-electron chi connectivity index (χ4n) is 3.15. The monoisotopic (exact) mass is 426 g/mol. The van der Waals surface area contributed by atoms with E-state index in [1.165, 1.54) is 0 Å². The van der Waals surface area contributed by atoms with E-state index in [0.29, 0.717) is 24.0 Å². The minimum atomic E-state index is -0.0920. The van der Waals surface area contributed by atoms with Crippen molar-refractivity contribution >= 4 is 42.2 Å². The number of hydrogen-bond acceptors (Lipinski definition) is 5. The number of amides is 1. The first-order valence-corrected chi connectivity index (χ1v) is 9.15. The van der Waals surface area contributed by atoms with Crippen LogP contribution in [0.25, 0.3) is 0 Å². The van der Waals surface area contributed by atoms with Crippen LogP contribution in [0.5, 0.6) is 5.75 Å². The number of carbonyl (C=O) groups excluding carboxylic acids is 1. The Bertz CT molecular complexity index is 743. The first-order valence-electron chi connectivity index (χ1n) is 9.15. The zero-order chi connectivity index (χ0) is 18.4. The molecule has 0 bridgehead atoms. The van der Waals surface area contributed by atoms with E-state index in [4.69, 9.17) is 4.74 Å². The summed E-state index contributed by atoms with van der Waals surface area (Å²) in [5.74, 6) is 1.28. The molecule has 1 saturated heterocycles. The van der Waals surface area contributed by atoms with Crippen LogP contribution in [0.3, 0.4) is 0 Å². The van der Waals surface area contributed by atoms with E-state index in [1.54, 1.807) is 18.3 Å². The van der Waals surface area contributed by atoms with Gasteiger partial charge >= 0.3 is 0 Å². The van der Waals surface area contributed by atoms with Crippen molar-refractivity contribution in [2.75, 3.05) is 18.5 Å². The number of benzene rings is 1. The number of hydrogen-bond donors (Lipinski definition) is 3. The summed E-state index contributed by atoms with van der Waals surface area (Å²) in [6, 6.07) is 11.8. The van der Waals surface area contributed by atoms with Gasteiger partial charge in [-0.2, -0.15) is 0 Å². The van der Waals surface area contributed by atoms with Crippen LogP contribution in [0.4, 0.5) is 11.5 Å². The average molecular weight is 427 g/mol. The van der Waals surface area contributed by atoms with E-state index in [2.05, 4.69) is 27.9 Å². The second kappa shape index (κ2) is 11.7. The van der Waals surface area contributed by atoms with Gasteiger partial charge in [0.15, 0.2) is 0 Å². The number of pyridine rings is 1. The van der Waals surface area contributed by atoms with Gasteiger partial charge in [-0.1, -0.05) is 0 Å². The highest BCUT2D eigenvalue weighted by Crippen LogP contribution is 2.21. The van der Waals surface area contributed by atoms with Gasteiger partial charge in [0.2, 0.25) is 0 Å². The van der Waals surface area contributed by atoms with Crippen molar-refractivity contribution in [2.24, 2.45) is 0 Å². The summed E-state index contributed by atoms with van der Waals surface area (Å²) in [5.41, 5.74) is 1.41. The molecule has 2 aromatic rings. The molecular formula is C20H28Cl2N4O2. The molecule has 8 heteroatoms. The fourth-order valence-corrected chi connectivity index (χ4v) is 3.15. The van der Waals surface area contributed by atoms with Crippen molar-refractivity contribution in [1.82, 2.24) is 15.6 Å². The number of carbonyl (C=O) groups is 1. The topological polar surface area (TPSA) is 75.3 Å². The van der Waals surface area contributed by atoms with Crippen LogP contribution in [0.1, 0.15) is 37.0 Å². The van der Waals surface area contributed by atoms with Gasteiger partial charge in [0.05, 0.1) is 12.2 Å². The summed E-state index contributed by atoms with van der Waals surface area (Å²) >= 11 is 0. The van der Waals surface area contributed by atoms with E-state index >= 15 is 0 Å². The number of piperidine rings is 1. The van der Waals surface area contributed by atoms with Crippen LogP contribution in [0, 0.1) is 0 Å². The van der Waals surface area contributed by atoms with E-state index in [9.17, 15) is 4.79 Å². The summed E-state index contributed by atoms with van der Waals surface area (Å²) in [4.78, 5) is 17.1. The van der Waals surface area contributed by atoms with Crippen LogP contribution in [-0.2, 0) is 0 Å². The highest BCUT2D eigenvalue weighted by Gasteiger charge is 2.22. The lowest BCUT2D eigenvalue weighted by Crippen LogP contribution is -2.46. The molecule has 0 saturated carbocycles. The van der Waals surface area contributed by atoms with Gasteiger partial charge in [-0.3, -0.25) is 4.79 Å². The van der Waals surface area contributed by atoms with Gasteiger partial charge in [0.25, 0.3) is 5.91 Å². The maximum Gasteiger partial charge on any atom is 0.255 e. The Morgan fingerprint density at radius 1 is 1.25 bits per heavy atom. The molecule has 6 nitrogen and oxygen atoms in total. The standard InChI is InChI=1S/C20H26N4O2.2ClH/c1-3-26-17-8-6-15(7-9-17)23-19-18(5-4-11-22-19)20(25)24-16-10-12-21-14(2)13-16;;/h4-9,11,14,16,21H,3,10,12-13H2,1-2H3,(H,22,23)(H,24,25);2*1H. The van der Waals surface area contributed by atoms with Crippen molar-refractivity contribution in [3.63, 3.8) is 0 Å². The van der Waals surface area contributed by atoms with Crippen LogP contribution in [0.2, 0.25) is 0 Å². The van der Waals surface area contributed by atoms with E-state index in [0.717, 1.165) is 30.8 Å². The minimum absolute atomic E-state index is 0. The SMILES string of the molecule is CCOc1ccc(Nc2ncccc2C(=O)NC2CCNC(C)C2)cc1.Cl.Cl. The van der Waals surface area contributed by atoms with Gasteiger partial charge in [-0.05, 0) is 69.6 Å². The predicted molar refractivity (Wildman–Crippen MR) is 118 cm³/mol. The molecule has 2 atom stereocenters. The third-order valence-electron chi connectivity index (χ3n) is 4.44. The molecule has 2 heterocycles. The molecule has 0 aliphatic carbocycles. The van der Waals surface area contributed by atoms with Crippen molar-refractivity contribution < 1.29 is 9.53 Å². The molecule has 0 spiro atoms. The smallest absolute Gasteiger partial charge is 0.255 e. The molecule has 1 amide bonds. The Balaban J connectivity index is 0.00000196. The number of rotatable bonds is 6. The lowest BCUT2D eigenvalue weighted by Gasteiger charge is -2.28. The van der Waals surface area contributed by atoms with Gasteiger partial charge in [-0.15, -0.1) is 24.8 Å². The normalized spacial score (nSPS) is 18.2. The van der Waals surface area contributed by atoms with E-state index < -0.39 is 0 Å². The number of anilines is 2. The number of aromatic nitrogens is 1. The molecule has 1 fully saturated rings. The van der Waals surface area contributed by atoms with Crippen LogP contribution < -0.4 is 20.7 Å². The van der Waals surface area contributed by atoms with E-state index in [-0.39, 0.29) is 36.8 Å². The Hall–Kier alpha value is -2.02. The molecule has 1 aliphatic heterocycles. The summed E-state index contributed by atoms with van der Waals surface area (Å²) in [5, 5.41) is 9.76. The lowest BCUT2D eigenvalue weighted by atomic mass is 10.0. The molecule has 28 heavy (non-hydrogen) atoms. The van der Waals surface area contributed by atoms with Gasteiger partial charge in [0, 0.05) is 24.0 Å². The van der Waals surface area contributed by atoms with Crippen molar-refractivity contribution in [3.05, 3.63) is 48.2 Å². The predicted octanol–water partition coefficient (Wildman–Crippen LogP) is 3.94. The zero-order valence-corrected chi connectivity index (χ0v) is 17.7. The zero-order valence-electron chi connectivity index (χ0n) is 16.1. The molecule has 0 radical (unpaired) electrons. The maximum atomic E-state index is 12.7. The highest BCUT2D eigenvalue weighted by molar-refractivity contribution is 5.99. The molecule has 3 N–H and O–H groups in total. The van der Waals surface area contributed by atoms with Gasteiger partial charge in [-0.25, -0.2) is 4.98 Å². The molecule has 1 aliphatic rings. The second-order valence-corrected chi connectivity index (χ2v) is 6.53. The quantitative estimate of drug-likeness (QED) is 0.651. The molecule has 154 valence electrons. The van der Waals surface area contributed by atoms with Gasteiger partial charge in [0.1, 0.15) is 11.6 Å². The van der Waals surface area contributed by atoms with Crippen LogP contribution in [0.15, 0.2) is 42.6 Å². The summed E-state index contributed by atoms with van der Waals surface area (Å²) in [6.07, 6.45) is 3.56. The third-order valence-corrected chi connectivity index (χ3v) is 4.44. The Morgan fingerprint density at radius 3 is 2.68 bits per heavy atom. The molecule has 1 aromatic heterocycles. The number of halogens is 2. The number of nitrogens with zero attached hydrogens (tertiary/aromatic N) is 1. The van der Waals surface area contributed by atoms with Crippen molar-refractivity contribution in [1.29, 1.82) is 0 Å². The molecular weight excluding hydrogens is 399 g/mol. The number of nitrogens with one attached hydrogen (secondary N) is 3. The molecule has 2 unspecified atom stereocenters. The first kappa shape index (κ1) is 24.0. The Morgan fingerprint density at radius 2 is 2.00 bits per heavy atom. The van der Waals surface area contributed by atoms with Crippen molar-refractivity contribution in [2.45, 2.75) is 38.8 Å². The third kappa shape index (κ3) is 6.55. The minimum Gasteiger partial charge on any atom is -0.494 e.